The van der Waals surface area contributed by atoms with E-state index in [-0.39, 0.29) is 48.0 Å². The van der Waals surface area contributed by atoms with Gasteiger partial charge in [0, 0.05) is 31.5 Å². The van der Waals surface area contributed by atoms with E-state index in [1.54, 1.807) is 47.4 Å². The number of carbonyl (C=O) groups is 3. The number of ether oxygens (including phenoxy) is 1. The molecule has 1 saturated carbocycles. The SMILES string of the molecule is C[C@H](CO)N1C[C@H](C)[C@@H](CN(C)Cc2ccc(C(=O)O)cc2)Oc2c(NC(=O)C3CC3)cccc2C1=O. The van der Waals surface area contributed by atoms with E-state index in [0.717, 1.165) is 18.4 Å². The lowest BCUT2D eigenvalue weighted by Crippen LogP contribution is -2.49. The predicted molar refractivity (Wildman–Crippen MR) is 139 cm³/mol. The van der Waals surface area contributed by atoms with Gasteiger partial charge in [0.1, 0.15) is 6.10 Å². The largest absolute Gasteiger partial charge is 0.486 e. The van der Waals surface area contributed by atoms with Crippen LogP contribution in [0.4, 0.5) is 5.69 Å². The van der Waals surface area contributed by atoms with Gasteiger partial charge in [-0.05, 0) is 56.6 Å². The molecular weight excluding hydrogens is 474 g/mol. The number of hydrogen-bond donors (Lipinski definition) is 3. The van der Waals surface area contributed by atoms with Crippen molar-refractivity contribution in [1.82, 2.24) is 9.80 Å². The summed E-state index contributed by atoms with van der Waals surface area (Å²) < 4.78 is 6.53. The normalized spacial score (nSPS) is 20.5. The molecule has 1 heterocycles. The number of nitrogens with zero attached hydrogens (tertiary/aromatic N) is 2. The molecule has 0 aromatic heterocycles. The second-order valence-corrected chi connectivity index (χ2v) is 10.3. The number of para-hydroxylation sites is 1. The van der Waals surface area contributed by atoms with Crippen molar-refractivity contribution in [3.63, 3.8) is 0 Å². The van der Waals surface area contributed by atoms with Gasteiger partial charge in [0.2, 0.25) is 5.91 Å². The van der Waals surface area contributed by atoms with E-state index in [4.69, 9.17) is 9.84 Å². The van der Waals surface area contributed by atoms with Crippen LogP contribution >= 0.6 is 0 Å². The molecule has 2 aliphatic rings. The maximum Gasteiger partial charge on any atom is 0.335 e. The third-order valence-corrected chi connectivity index (χ3v) is 7.04. The van der Waals surface area contributed by atoms with Crippen LogP contribution in [0, 0.1) is 11.8 Å². The number of amides is 2. The number of nitrogens with one attached hydrogen (secondary N) is 1. The second-order valence-electron chi connectivity index (χ2n) is 10.3. The van der Waals surface area contributed by atoms with Crippen molar-refractivity contribution in [3.05, 3.63) is 59.2 Å². The number of anilines is 1. The smallest absolute Gasteiger partial charge is 0.335 e. The summed E-state index contributed by atoms with van der Waals surface area (Å²) in [5, 5.41) is 21.9. The molecule has 0 unspecified atom stereocenters. The van der Waals surface area contributed by atoms with E-state index in [2.05, 4.69) is 10.2 Å². The molecule has 1 aliphatic carbocycles. The molecule has 37 heavy (non-hydrogen) atoms. The van der Waals surface area contributed by atoms with Crippen LogP contribution in [0.2, 0.25) is 0 Å². The number of carbonyl (C=O) groups excluding carboxylic acids is 2. The molecular formula is C28H35N3O6. The first-order valence-electron chi connectivity index (χ1n) is 12.7. The van der Waals surface area contributed by atoms with Gasteiger partial charge in [-0.25, -0.2) is 4.79 Å². The molecule has 3 N–H and O–H groups in total. The zero-order chi connectivity index (χ0) is 26.7. The zero-order valence-corrected chi connectivity index (χ0v) is 21.5. The van der Waals surface area contributed by atoms with E-state index >= 15 is 0 Å². The Bertz CT molecular complexity index is 1150. The fraction of sp³-hybridized carbons (Fsp3) is 0.464. The lowest BCUT2D eigenvalue weighted by molar-refractivity contribution is -0.117. The van der Waals surface area contributed by atoms with Crippen LogP contribution in [-0.2, 0) is 11.3 Å². The summed E-state index contributed by atoms with van der Waals surface area (Å²) in [5.41, 5.74) is 2.04. The highest BCUT2D eigenvalue weighted by Gasteiger charge is 2.36. The minimum Gasteiger partial charge on any atom is -0.486 e. The van der Waals surface area contributed by atoms with Gasteiger partial charge in [-0.15, -0.1) is 0 Å². The molecule has 9 nitrogen and oxygen atoms in total. The fourth-order valence-corrected chi connectivity index (χ4v) is 4.58. The Morgan fingerprint density at radius 3 is 2.51 bits per heavy atom. The molecule has 2 aromatic rings. The van der Waals surface area contributed by atoms with Crippen LogP contribution in [0.15, 0.2) is 42.5 Å². The van der Waals surface area contributed by atoms with Crippen molar-refractivity contribution in [1.29, 1.82) is 0 Å². The number of rotatable bonds is 9. The minimum atomic E-state index is -0.962. The Balaban J connectivity index is 1.60. The number of carboxylic acid groups (broad SMARTS) is 1. The van der Waals surface area contributed by atoms with Gasteiger partial charge in [-0.3, -0.25) is 14.5 Å². The Morgan fingerprint density at radius 1 is 1.19 bits per heavy atom. The standard InChI is InChI=1S/C28H35N3O6/c1-17-13-31(18(2)16-32)27(34)22-5-4-6-23(29-26(33)20-11-12-20)25(22)37-24(17)15-30(3)14-19-7-9-21(10-8-19)28(35)36/h4-10,17-18,20,24,32H,11-16H2,1-3H3,(H,29,33)(H,35,36)/t17-,18+,24+/m0/s1. The van der Waals surface area contributed by atoms with Gasteiger partial charge in [-0.1, -0.05) is 25.1 Å². The molecule has 0 bridgehead atoms. The van der Waals surface area contributed by atoms with Crippen LogP contribution < -0.4 is 10.1 Å². The van der Waals surface area contributed by atoms with Crippen LogP contribution in [0.3, 0.4) is 0 Å². The molecule has 1 fully saturated rings. The van der Waals surface area contributed by atoms with Crippen LogP contribution in [-0.4, -0.2) is 76.7 Å². The average molecular weight is 510 g/mol. The molecule has 0 spiro atoms. The summed E-state index contributed by atoms with van der Waals surface area (Å²) in [6, 6.07) is 11.6. The third kappa shape index (κ3) is 6.29. The molecule has 9 heteroatoms. The van der Waals surface area contributed by atoms with Crippen molar-refractivity contribution < 1.29 is 29.3 Å². The van der Waals surface area contributed by atoms with Crippen molar-refractivity contribution in [2.75, 3.05) is 32.1 Å². The minimum absolute atomic E-state index is 0.000563. The quantitative estimate of drug-likeness (QED) is 0.475. The molecule has 198 valence electrons. The number of carboxylic acids is 1. The van der Waals surface area contributed by atoms with Crippen LogP contribution in [0.5, 0.6) is 5.75 Å². The lowest BCUT2D eigenvalue weighted by atomic mass is 9.98. The molecule has 2 aromatic carbocycles. The van der Waals surface area contributed by atoms with Crippen molar-refractivity contribution in [2.45, 2.75) is 45.4 Å². The first-order valence-corrected chi connectivity index (χ1v) is 12.7. The van der Waals surface area contributed by atoms with E-state index in [1.165, 1.54) is 0 Å². The Labute approximate surface area is 217 Å². The monoisotopic (exact) mass is 509 g/mol. The number of aliphatic hydroxyl groups excluding tert-OH is 1. The summed E-state index contributed by atoms with van der Waals surface area (Å²) >= 11 is 0. The van der Waals surface area contributed by atoms with Gasteiger partial charge in [0.15, 0.2) is 5.75 Å². The third-order valence-electron chi connectivity index (χ3n) is 7.04. The van der Waals surface area contributed by atoms with Gasteiger partial charge < -0.3 is 25.2 Å². The van der Waals surface area contributed by atoms with Crippen LogP contribution in [0.25, 0.3) is 0 Å². The molecule has 1 aliphatic heterocycles. The Morgan fingerprint density at radius 2 is 1.89 bits per heavy atom. The maximum atomic E-state index is 13.5. The number of hydrogen-bond acceptors (Lipinski definition) is 6. The predicted octanol–water partition coefficient (Wildman–Crippen LogP) is 3.09. The first-order chi connectivity index (χ1) is 17.7. The van der Waals surface area contributed by atoms with Crippen LogP contribution in [0.1, 0.15) is 53.0 Å². The van der Waals surface area contributed by atoms with Gasteiger partial charge in [0.25, 0.3) is 5.91 Å². The summed E-state index contributed by atoms with van der Waals surface area (Å²) in [6.07, 6.45) is 1.41. The maximum absolute atomic E-state index is 13.5. The number of fused-ring (bicyclic) bond motifs is 1. The van der Waals surface area contributed by atoms with Gasteiger partial charge >= 0.3 is 5.97 Å². The van der Waals surface area contributed by atoms with Crippen molar-refractivity contribution in [3.8, 4) is 5.75 Å². The first kappa shape index (κ1) is 26.6. The molecule has 4 rings (SSSR count). The van der Waals surface area contributed by atoms with E-state index in [9.17, 15) is 19.5 Å². The van der Waals surface area contributed by atoms with Crippen molar-refractivity contribution >= 4 is 23.5 Å². The Hall–Kier alpha value is -3.43. The number of benzene rings is 2. The summed E-state index contributed by atoms with van der Waals surface area (Å²) in [5.74, 6) is -0.993. The molecule has 0 saturated heterocycles. The van der Waals surface area contributed by atoms with Gasteiger partial charge in [-0.2, -0.15) is 0 Å². The fourth-order valence-electron chi connectivity index (χ4n) is 4.58. The lowest BCUT2D eigenvalue weighted by Gasteiger charge is -2.38. The molecule has 2 amide bonds. The summed E-state index contributed by atoms with van der Waals surface area (Å²) in [7, 11) is 1.96. The average Bonchev–Trinajstić information content (AvgIpc) is 3.72. The summed E-state index contributed by atoms with van der Waals surface area (Å²) in [6.45, 7) is 5.18. The second kappa shape index (κ2) is 11.3. The highest BCUT2D eigenvalue weighted by molar-refractivity contribution is 6.02. The molecule has 3 atom stereocenters. The van der Waals surface area contributed by atoms with E-state index in [0.29, 0.717) is 36.6 Å². The topological polar surface area (TPSA) is 119 Å². The summed E-state index contributed by atoms with van der Waals surface area (Å²) in [4.78, 5) is 41.0. The number of aliphatic hydroxyl groups is 1. The highest BCUT2D eigenvalue weighted by Crippen LogP contribution is 2.37. The Kier molecular flexibility index (Phi) is 8.14. The van der Waals surface area contributed by atoms with Crippen molar-refractivity contribution in [2.24, 2.45) is 11.8 Å². The van der Waals surface area contributed by atoms with E-state index in [1.807, 2.05) is 20.9 Å². The number of likely N-dealkylation sites (N-methyl/N-ethyl adjacent to an activating group) is 1. The van der Waals surface area contributed by atoms with E-state index < -0.39 is 5.97 Å². The zero-order valence-electron chi connectivity index (χ0n) is 21.5. The highest BCUT2D eigenvalue weighted by atomic mass is 16.5. The number of aromatic carboxylic acids is 1. The van der Waals surface area contributed by atoms with Gasteiger partial charge in [0.05, 0.1) is 29.5 Å². The molecule has 0 radical (unpaired) electrons.